The maximum atomic E-state index is 13.7. The zero-order chi connectivity index (χ0) is 20.4. The fourth-order valence-corrected chi connectivity index (χ4v) is 3.56. The lowest BCUT2D eigenvalue weighted by atomic mass is 9.96. The molecule has 0 saturated carbocycles. The van der Waals surface area contributed by atoms with Crippen molar-refractivity contribution in [1.29, 1.82) is 0 Å². The minimum Gasteiger partial charge on any atom is -0.343 e. The summed E-state index contributed by atoms with van der Waals surface area (Å²) in [5.41, 5.74) is 0.494. The normalized spacial score (nSPS) is 14.9. The highest BCUT2D eigenvalue weighted by Crippen LogP contribution is 2.27. The fraction of sp³-hybridized carbons (Fsp3) is 0.300. The highest BCUT2D eigenvalue weighted by Gasteiger charge is 2.27. The Kier molecular flexibility index (Phi) is 5.20. The molecule has 0 atom stereocenters. The van der Waals surface area contributed by atoms with Crippen molar-refractivity contribution in [2.24, 2.45) is 0 Å². The van der Waals surface area contributed by atoms with E-state index in [4.69, 9.17) is 0 Å². The number of carbonyl (C=O) groups is 2. The molecule has 0 aliphatic carbocycles. The number of aromatic nitrogens is 3. The van der Waals surface area contributed by atoms with E-state index in [0.717, 1.165) is 36.4 Å². The highest BCUT2D eigenvalue weighted by molar-refractivity contribution is 5.96. The number of hydrogen-bond acceptors (Lipinski definition) is 4. The van der Waals surface area contributed by atoms with Gasteiger partial charge in [0.25, 0.3) is 5.91 Å². The molecule has 4 rings (SSSR count). The van der Waals surface area contributed by atoms with Gasteiger partial charge in [-0.3, -0.25) is 14.0 Å². The maximum absolute atomic E-state index is 13.7. The van der Waals surface area contributed by atoms with Crippen molar-refractivity contribution in [3.8, 4) is 0 Å². The Morgan fingerprint density at radius 2 is 1.90 bits per heavy atom. The largest absolute Gasteiger partial charge is 0.343 e. The van der Waals surface area contributed by atoms with Gasteiger partial charge in [0.15, 0.2) is 5.65 Å². The highest BCUT2D eigenvalue weighted by atomic mass is 19.1. The predicted octanol–water partition coefficient (Wildman–Crippen LogP) is 2.14. The molecule has 2 amide bonds. The van der Waals surface area contributed by atoms with E-state index in [1.165, 1.54) is 0 Å². The minimum absolute atomic E-state index is 0.194. The maximum Gasteiger partial charge on any atom is 0.254 e. The van der Waals surface area contributed by atoms with Crippen LogP contribution >= 0.6 is 0 Å². The molecule has 0 unspecified atom stereocenters. The van der Waals surface area contributed by atoms with Crippen molar-refractivity contribution in [3.63, 3.8) is 0 Å². The average molecular weight is 399 g/mol. The van der Waals surface area contributed by atoms with Crippen LogP contribution in [0, 0.1) is 11.6 Å². The smallest absolute Gasteiger partial charge is 0.254 e. The van der Waals surface area contributed by atoms with Crippen LogP contribution in [0.15, 0.2) is 42.6 Å². The summed E-state index contributed by atoms with van der Waals surface area (Å²) in [7, 11) is 0. The number of pyridine rings is 1. The molecule has 1 aliphatic rings. The summed E-state index contributed by atoms with van der Waals surface area (Å²) in [4.78, 5) is 26.1. The Bertz CT molecular complexity index is 1060. The predicted molar refractivity (Wildman–Crippen MR) is 100 cm³/mol. The Morgan fingerprint density at radius 3 is 2.66 bits per heavy atom. The van der Waals surface area contributed by atoms with Crippen LogP contribution in [0.5, 0.6) is 0 Å². The molecule has 3 aromatic rings. The molecule has 0 bridgehead atoms. The van der Waals surface area contributed by atoms with Crippen LogP contribution in [-0.4, -0.2) is 50.9 Å². The first kappa shape index (κ1) is 19.0. The third kappa shape index (κ3) is 3.94. The number of benzene rings is 1. The SMILES string of the molecule is O=C(NCC(=O)N1CCC(c2nnc3ccccn23)CC1)c1ccc(F)cc1F. The summed E-state index contributed by atoms with van der Waals surface area (Å²) >= 11 is 0. The van der Waals surface area contributed by atoms with Crippen LogP contribution < -0.4 is 5.32 Å². The van der Waals surface area contributed by atoms with Crippen molar-refractivity contribution in [2.45, 2.75) is 18.8 Å². The molecule has 1 fully saturated rings. The van der Waals surface area contributed by atoms with Crippen LogP contribution in [-0.2, 0) is 4.79 Å². The number of piperidine rings is 1. The first-order valence-electron chi connectivity index (χ1n) is 9.33. The molecular weight excluding hydrogens is 380 g/mol. The summed E-state index contributed by atoms with van der Waals surface area (Å²) < 4.78 is 28.6. The van der Waals surface area contributed by atoms with Gasteiger partial charge in [-0.1, -0.05) is 6.07 Å². The first-order valence-corrected chi connectivity index (χ1v) is 9.33. The number of amides is 2. The van der Waals surface area contributed by atoms with Crippen LogP contribution in [0.3, 0.4) is 0 Å². The van der Waals surface area contributed by atoms with Gasteiger partial charge in [-0.15, -0.1) is 10.2 Å². The number of halogens is 2. The second-order valence-corrected chi connectivity index (χ2v) is 6.95. The van der Waals surface area contributed by atoms with Gasteiger partial charge in [-0.2, -0.15) is 0 Å². The molecule has 1 saturated heterocycles. The zero-order valence-electron chi connectivity index (χ0n) is 15.5. The van der Waals surface area contributed by atoms with E-state index in [1.807, 2.05) is 28.8 Å². The molecule has 9 heteroatoms. The van der Waals surface area contributed by atoms with Gasteiger partial charge < -0.3 is 10.2 Å². The van der Waals surface area contributed by atoms with Crippen molar-refractivity contribution in [3.05, 3.63) is 65.6 Å². The third-order valence-corrected chi connectivity index (χ3v) is 5.13. The van der Waals surface area contributed by atoms with Gasteiger partial charge >= 0.3 is 0 Å². The summed E-state index contributed by atoms with van der Waals surface area (Å²) in [5, 5.41) is 10.9. The Hall–Kier alpha value is -3.36. The fourth-order valence-electron chi connectivity index (χ4n) is 3.56. The number of fused-ring (bicyclic) bond motifs is 1. The Balaban J connectivity index is 1.31. The van der Waals surface area contributed by atoms with E-state index >= 15 is 0 Å². The molecule has 1 N–H and O–H groups in total. The number of nitrogens with one attached hydrogen (secondary N) is 1. The van der Waals surface area contributed by atoms with E-state index in [-0.39, 0.29) is 23.9 Å². The number of carbonyl (C=O) groups excluding carboxylic acids is 2. The third-order valence-electron chi connectivity index (χ3n) is 5.13. The Morgan fingerprint density at radius 1 is 1.10 bits per heavy atom. The lowest BCUT2D eigenvalue weighted by Gasteiger charge is -2.31. The second-order valence-electron chi connectivity index (χ2n) is 6.95. The van der Waals surface area contributed by atoms with Gasteiger partial charge in [-0.25, -0.2) is 8.78 Å². The molecule has 0 radical (unpaired) electrons. The first-order chi connectivity index (χ1) is 14.0. The average Bonchev–Trinajstić information content (AvgIpc) is 3.16. The molecule has 0 spiro atoms. The number of hydrogen-bond donors (Lipinski definition) is 1. The van der Waals surface area contributed by atoms with E-state index < -0.39 is 17.5 Å². The van der Waals surface area contributed by atoms with Gasteiger partial charge in [0.1, 0.15) is 17.5 Å². The summed E-state index contributed by atoms with van der Waals surface area (Å²) in [6.45, 7) is 0.826. The summed E-state index contributed by atoms with van der Waals surface area (Å²) in [6, 6.07) is 8.40. The van der Waals surface area contributed by atoms with Gasteiger partial charge in [0, 0.05) is 31.3 Å². The van der Waals surface area contributed by atoms with Gasteiger partial charge in [0.05, 0.1) is 12.1 Å². The standard InChI is InChI=1S/C20H19F2N5O2/c21-14-4-5-15(16(22)11-14)20(29)23-12-18(28)26-9-6-13(7-10-26)19-25-24-17-3-1-2-8-27(17)19/h1-5,8,11,13H,6-7,9-10,12H2,(H,23,29). The molecular formula is C20H19F2N5O2. The van der Waals surface area contributed by atoms with E-state index in [1.54, 1.807) is 4.90 Å². The Labute approximate surface area is 165 Å². The van der Waals surface area contributed by atoms with Crippen molar-refractivity contribution in [1.82, 2.24) is 24.8 Å². The van der Waals surface area contributed by atoms with Crippen molar-refractivity contribution < 1.29 is 18.4 Å². The van der Waals surface area contributed by atoms with Gasteiger partial charge in [-0.05, 0) is 37.1 Å². The molecule has 7 nitrogen and oxygen atoms in total. The molecule has 150 valence electrons. The van der Waals surface area contributed by atoms with Crippen LogP contribution in [0.2, 0.25) is 0 Å². The molecule has 3 heterocycles. The number of likely N-dealkylation sites (tertiary alicyclic amines) is 1. The summed E-state index contributed by atoms with van der Waals surface area (Å²) in [6.07, 6.45) is 3.40. The molecule has 1 aliphatic heterocycles. The van der Waals surface area contributed by atoms with Gasteiger partial charge in [0.2, 0.25) is 5.91 Å². The topological polar surface area (TPSA) is 79.6 Å². The van der Waals surface area contributed by atoms with Crippen molar-refractivity contribution >= 4 is 17.5 Å². The lowest BCUT2D eigenvalue weighted by molar-refractivity contribution is -0.131. The minimum atomic E-state index is -0.962. The molecule has 29 heavy (non-hydrogen) atoms. The van der Waals surface area contributed by atoms with E-state index in [2.05, 4.69) is 15.5 Å². The quantitative estimate of drug-likeness (QED) is 0.729. The van der Waals surface area contributed by atoms with Crippen LogP contribution in [0.25, 0.3) is 5.65 Å². The zero-order valence-corrected chi connectivity index (χ0v) is 15.5. The molecule has 2 aromatic heterocycles. The summed E-state index contributed by atoms with van der Waals surface area (Å²) in [5.74, 6) is -1.65. The number of rotatable bonds is 4. The van der Waals surface area contributed by atoms with Crippen LogP contribution in [0.1, 0.15) is 34.9 Å². The van der Waals surface area contributed by atoms with E-state index in [9.17, 15) is 18.4 Å². The second kappa shape index (κ2) is 7.94. The lowest BCUT2D eigenvalue weighted by Crippen LogP contribution is -2.44. The molecule has 1 aromatic carbocycles. The van der Waals surface area contributed by atoms with Crippen molar-refractivity contribution in [2.75, 3.05) is 19.6 Å². The monoisotopic (exact) mass is 399 g/mol. The van der Waals surface area contributed by atoms with E-state index in [0.29, 0.717) is 19.2 Å². The van der Waals surface area contributed by atoms with Crippen LogP contribution in [0.4, 0.5) is 8.78 Å². The number of nitrogens with zero attached hydrogens (tertiary/aromatic N) is 4.